The molecule has 1 amide bonds. The van der Waals surface area contributed by atoms with Crippen LogP contribution >= 0.6 is 11.6 Å². The first-order valence-electron chi connectivity index (χ1n) is 8.27. The summed E-state index contributed by atoms with van der Waals surface area (Å²) in [7, 11) is 0. The molecule has 1 N–H and O–H groups in total. The number of benzene rings is 2. The van der Waals surface area contributed by atoms with Gasteiger partial charge in [-0.3, -0.25) is 9.59 Å². The van der Waals surface area contributed by atoms with Crippen LogP contribution in [-0.4, -0.2) is 20.1 Å². The summed E-state index contributed by atoms with van der Waals surface area (Å²) in [4.78, 5) is 25.3. The van der Waals surface area contributed by atoms with Crippen molar-refractivity contribution in [3.05, 3.63) is 75.4 Å². The molecule has 8 heteroatoms. The van der Waals surface area contributed by atoms with E-state index >= 15 is 0 Å². The number of para-hydroxylation sites is 2. The average Bonchev–Trinajstić information content (AvgIpc) is 3.11. The molecule has 0 aliphatic rings. The van der Waals surface area contributed by atoms with Crippen molar-refractivity contribution in [2.24, 2.45) is 0 Å². The third-order valence-corrected chi connectivity index (χ3v) is 4.63. The first kappa shape index (κ1) is 17.2. The predicted molar refractivity (Wildman–Crippen MR) is 102 cm³/mol. The van der Waals surface area contributed by atoms with Gasteiger partial charge in [0.25, 0.3) is 11.5 Å². The van der Waals surface area contributed by atoms with E-state index in [2.05, 4.69) is 10.4 Å². The van der Waals surface area contributed by atoms with Crippen LogP contribution in [0, 0.1) is 5.82 Å². The third kappa shape index (κ3) is 2.86. The van der Waals surface area contributed by atoms with Gasteiger partial charge in [-0.25, -0.2) is 8.91 Å². The molecule has 0 spiro atoms. The zero-order chi connectivity index (χ0) is 19.1. The molecule has 0 fully saturated rings. The summed E-state index contributed by atoms with van der Waals surface area (Å²) in [6.07, 6.45) is 0. The zero-order valence-corrected chi connectivity index (χ0v) is 15.0. The van der Waals surface area contributed by atoms with E-state index in [1.807, 2.05) is 31.2 Å². The molecule has 2 aromatic heterocycles. The maximum Gasteiger partial charge on any atom is 0.277 e. The number of carbonyl (C=O) groups is 1. The van der Waals surface area contributed by atoms with Crippen molar-refractivity contribution < 1.29 is 9.18 Å². The molecule has 4 aromatic rings. The monoisotopic (exact) mass is 384 g/mol. The molecule has 0 saturated heterocycles. The molecule has 0 radical (unpaired) electrons. The number of halogens is 2. The Bertz CT molecular complexity index is 1260. The van der Waals surface area contributed by atoms with Crippen molar-refractivity contribution in [1.82, 2.24) is 14.2 Å². The molecule has 0 unspecified atom stereocenters. The number of anilines is 1. The Morgan fingerprint density at radius 1 is 1.15 bits per heavy atom. The second-order valence-electron chi connectivity index (χ2n) is 5.94. The number of amides is 1. The maximum absolute atomic E-state index is 13.4. The number of nitrogens with one attached hydrogen (secondary N) is 1. The molecule has 0 aliphatic heterocycles. The Morgan fingerprint density at radius 2 is 1.89 bits per heavy atom. The third-order valence-electron chi connectivity index (χ3n) is 4.30. The van der Waals surface area contributed by atoms with Gasteiger partial charge in [-0.2, -0.15) is 5.10 Å². The van der Waals surface area contributed by atoms with Gasteiger partial charge in [0.15, 0.2) is 5.69 Å². The number of fused-ring (bicyclic) bond motifs is 3. The van der Waals surface area contributed by atoms with Crippen molar-refractivity contribution in [3.63, 3.8) is 0 Å². The van der Waals surface area contributed by atoms with E-state index in [1.54, 1.807) is 4.57 Å². The van der Waals surface area contributed by atoms with Gasteiger partial charge in [0.1, 0.15) is 11.3 Å². The number of aryl methyl sites for hydroxylation is 1. The molecule has 2 aromatic carbocycles. The first-order chi connectivity index (χ1) is 13.0. The summed E-state index contributed by atoms with van der Waals surface area (Å²) in [6, 6.07) is 12.4. The number of aromatic nitrogens is 3. The summed E-state index contributed by atoms with van der Waals surface area (Å²) in [5, 5.41) is 7.01. The van der Waals surface area contributed by atoms with E-state index in [0.717, 1.165) is 11.6 Å². The lowest BCUT2D eigenvalue weighted by molar-refractivity contribution is 0.102. The normalized spacial score (nSPS) is 11.2. The number of nitrogens with zero attached hydrogens (tertiary/aromatic N) is 3. The summed E-state index contributed by atoms with van der Waals surface area (Å²) < 4.78 is 16.5. The minimum Gasteiger partial charge on any atom is -0.319 e. The van der Waals surface area contributed by atoms with Crippen LogP contribution in [0.25, 0.3) is 16.6 Å². The van der Waals surface area contributed by atoms with Crippen molar-refractivity contribution in [2.45, 2.75) is 13.5 Å². The summed E-state index contributed by atoms with van der Waals surface area (Å²) in [5.41, 5.74) is 1.64. The predicted octanol–water partition coefficient (Wildman–Crippen LogP) is 3.71. The molecule has 0 saturated carbocycles. The largest absolute Gasteiger partial charge is 0.319 e. The molecule has 2 heterocycles. The first-order valence-corrected chi connectivity index (χ1v) is 8.65. The van der Waals surface area contributed by atoms with E-state index in [9.17, 15) is 14.0 Å². The molecular formula is C19H14ClFN4O2. The lowest BCUT2D eigenvalue weighted by Gasteiger charge is -2.09. The van der Waals surface area contributed by atoms with Crippen LogP contribution in [0.2, 0.25) is 5.02 Å². The van der Waals surface area contributed by atoms with Gasteiger partial charge in [-0.1, -0.05) is 23.7 Å². The number of hydrogen-bond donors (Lipinski definition) is 1. The fourth-order valence-electron chi connectivity index (χ4n) is 3.04. The van der Waals surface area contributed by atoms with Crippen molar-refractivity contribution in [3.8, 4) is 0 Å². The van der Waals surface area contributed by atoms with E-state index in [1.165, 1.54) is 22.7 Å². The molecule has 0 atom stereocenters. The van der Waals surface area contributed by atoms with Gasteiger partial charge in [0.05, 0.1) is 21.7 Å². The fraction of sp³-hybridized carbons (Fsp3) is 0.105. The van der Waals surface area contributed by atoms with Crippen LogP contribution in [0.4, 0.5) is 10.1 Å². The van der Waals surface area contributed by atoms with Crippen molar-refractivity contribution in [1.29, 1.82) is 0 Å². The Balaban J connectivity index is 1.85. The standard InChI is InChI=1S/C19H14ClFN4O2/c1-2-24-15-5-3-4-6-16(15)25-17(19(24)27)10-14(23-25)18(26)22-13-9-11(21)7-8-12(13)20/h3-10H,2H2,1H3,(H,22,26). The number of hydrogen-bond acceptors (Lipinski definition) is 3. The van der Waals surface area contributed by atoms with Crippen molar-refractivity contribution >= 4 is 39.7 Å². The van der Waals surface area contributed by atoms with E-state index in [4.69, 9.17) is 11.6 Å². The second-order valence-corrected chi connectivity index (χ2v) is 6.35. The number of rotatable bonds is 3. The molecule has 0 aliphatic carbocycles. The lowest BCUT2D eigenvalue weighted by atomic mass is 10.2. The van der Waals surface area contributed by atoms with Crippen LogP contribution in [0.5, 0.6) is 0 Å². The van der Waals surface area contributed by atoms with Crippen LogP contribution in [0.1, 0.15) is 17.4 Å². The highest BCUT2D eigenvalue weighted by Crippen LogP contribution is 2.23. The van der Waals surface area contributed by atoms with Crippen LogP contribution in [0.3, 0.4) is 0 Å². The average molecular weight is 385 g/mol. The highest BCUT2D eigenvalue weighted by Gasteiger charge is 2.17. The Kier molecular flexibility index (Phi) is 4.16. The van der Waals surface area contributed by atoms with Gasteiger partial charge in [-0.15, -0.1) is 0 Å². The number of carbonyl (C=O) groups excluding carboxylic acids is 1. The Labute approximate surface area is 157 Å². The van der Waals surface area contributed by atoms with Gasteiger partial charge in [0.2, 0.25) is 0 Å². The minimum absolute atomic E-state index is 0.0337. The minimum atomic E-state index is -0.585. The molecule has 27 heavy (non-hydrogen) atoms. The van der Waals surface area contributed by atoms with Crippen LogP contribution in [0.15, 0.2) is 53.3 Å². The summed E-state index contributed by atoms with van der Waals surface area (Å²) in [5.74, 6) is -1.11. The Hall–Kier alpha value is -3.19. The highest BCUT2D eigenvalue weighted by molar-refractivity contribution is 6.33. The van der Waals surface area contributed by atoms with Crippen LogP contribution < -0.4 is 10.9 Å². The molecule has 136 valence electrons. The lowest BCUT2D eigenvalue weighted by Crippen LogP contribution is -2.22. The smallest absolute Gasteiger partial charge is 0.277 e. The van der Waals surface area contributed by atoms with Crippen molar-refractivity contribution in [2.75, 3.05) is 5.32 Å². The highest BCUT2D eigenvalue weighted by atomic mass is 35.5. The maximum atomic E-state index is 13.4. The van der Waals surface area contributed by atoms with Gasteiger partial charge < -0.3 is 9.88 Å². The van der Waals surface area contributed by atoms with Gasteiger partial charge in [0, 0.05) is 12.6 Å². The molecular weight excluding hydrogens is 371 g/mol. The summed E-state index contributed by atoms with van der Waals surface area (Å²) >= 11 is 5.99. The molecule has 6 nitrogen and oxygen atoms in total. The van der Waals surface area contributed by atoms with Gasteiger partial charge in [-0.05, 0) is 37.3 Å². The van der Waals surface area contributed by atoms with Gasteiger partial charge >= 0.3 is 0 Å². The Morgan fingerprint density at radius 3 is 2.63 bits per heavy atom. The van der Waals surface area contributed by atoms with E-state index in [-0.39, 0.29) is 27.5 Å². The van der Waals surface area contributed by atoms with E-state index in [0.29, 0.717) is 12.1 Å². The molecule has 4 rings (SSSR count). The second kappa shape index (κ2) is 6.51. The summed E-state index contributed by atoms with van der Waals surface area (Å²) in [6.45, 7) is 2.36. The topological polar surface area (TPSA) is 68.4 Å². The fourth-order valence-corrected chi connectivity index (χ4v) is 3.21. The van der Waals surface area contributed by atoms with Crippen LogP contribution in [-0.2, 0) is 6.54 Å². The SMILES string of the molecule is CCn1c(=O)c2cc(C(=O)Nc3cc(F)ccc3Cl)nn2c2ccccc21. The quantitative estimate of drug-likeness (QED) is 0.585. The zero-order valence-electron chi connectivity index (χ0n) is 14.2. The molecule has 0 bridgehead atoms. The van der Waals surface area contributed by atoms with E-state index < -0.39 is 11.7 Å².